The van der Waals surface area contributed by atoms with Crippen LogP contribution in [0.5, 0.6) is 0 Å². The van der Waals surface area contributed by atoms with E-state index < -0.39 is 5.97 Å². The molecule has 0 atom stereocenters. The highest BCUT2D eigenvalue weighted by molar-refractivity contribution is 5.84. The molecule has 0 amide bonds. The third kappa shape index (κ3) is 17.7. The van der Waals surface area contributed by atoms with Gasteiger partial charge >= 0.3 is 5.97 Å². The van der Waals surface area contributed by atoms with Crippen LogP contribution in [-0.4, -0.2) is 23.7 Å². The molecule has 0 fully saturated rings. The summed E-state index contributed by atoms with van der Waals surface area (Å²) < 4.78 is 0. The molecule has 0 aromatic rings. The molecule has 4 nitrogen and oxygen atoms in total. The van der Waals surface area contributed by atoms with Gasteiger partial charge in [-0.1, -0.05) is 6.58 Å². The summed E-state index contributed by atoms with van der Waals surface area (Å²) in [5.41, 5.74) is 0.176. The summed E-state index contributed by atoms with van der Waals surface area (Å²) in [6.45, 7) is 6.93. The minimum atomic E-state index is -0.935. The highest BCUT2D eigenvalue weighted by Gasteiger charge is 1.90. The number of hydrogen-bond donors (Lipinski definition) is 1. The molecule has 0 unspecified atom stereocenters. The van der Waals surface area contributed by atoms with Crippen LogP contribution in [0.4, 0.5) is 0 Å². The molecule has 0 saturated carbocycles. The van der Waals surface area contributed by atoms with Gasteiger partial charge in [0.25, 0.3) is 0 Å². The van der Waals surface area contributed by atoms with E-state index in [4.69, 9.17) is 9.90 Å². The van der Waals surface area contributed by atoms with Gasteiger partial charge in [-0.05, 0) is 13.8 Å². The van der Waals surface area contributed by atoms with Crippen molar-refractivity contribution in [1.29, 1.82) is 0 Å². The first-order chi connectivity index (χ1) is 5.06. The quantitative estimate of drug-likeness (QED) is 0.369. The molecule has 11 heavy (non-hydrogen) atoms. The van der Waals surface area contributed by atoms with Crippen molar-refractivity contribution >= 4 is 12.0 Å². The van der Waals surface area contributed by atoms with Gasteiger partial charge < -0.3 is 5.11 Å². The zero-order chi connectivity index (χ0) is 9.28. The first kappa shape index (κ1) is 12.3. The molecular formula is C7H11NO3. The van der Waals surface area contributed by atoms with Crippen molar-refractivity contribution < 1.29 is 14.7 Å². The van der Waals surface area contributed by atoms with Crippen LogP contribution in [0.15, 0.2) is 17.1 Å². The maximum Gasteiger partial charge on any atom is 0.330 e. The van der Waals surface area contributed by atoms with Crippen LogP contribution >= 0.6 is 0 Å². The second-order valence-electron chi connectivity index (χ2n) is 1.65. The van der Waals surface area contributed by atoms with E-state index in [1.807, 2.05) is 0 Å². The van der Waals surface area contributed by atoms with Crippen LogP contribution in [-0.2, 0) is 9.59 Å². The van der Waals surface area contributed by atoms with Gasteiger partial charge in [0, 0.05) is 12.1 Å². The van der Waals surface area contributed by atoms with E-state index >= 15 is 0 Å². The Labute approximate surface area is 65.3 Å². The second kappa shape index (κ2) is 8.59. The molecule has 0 aliphatic carbocycles. The molecule has 0 aromatic carbocycles. The average Bonchev–Trinajstić information content (AvgIpc) is 1.90. The Morgan fingerprint density at radius 3 is 2.09 bits per heavy atom. The Morgan fingerprint density at radius 1 is 1.73 bits per heavy atom. The molecule has 0 aromatic heterocycles. The van der Waals surface area contributed by atoms with Gasteiger partial charge in [0.15, 0.2) is 0 Å². The van der Waals surface area contributed by atoms with E-state index in [-0.39, 0.29) is 5.57 Å². The molecule has 0 aliphatic heterocycles. The van der Waals surface area contributed by atoms with Gasteiger partial charge in [-0.25, -0.2) is 14.6 Å². The van der Waals surface area contributed by atoms with Gasteiger partial charge in [-0.2, -0.15) is 0 Å². The summed E-state index contributed by atoms with van der Waals surface area (Å²) in [7, 11) is 0. The Kier molecular flexibility index (Phi) is 9.59. The van der Waals surface area contributed by atoms with Crippen LogP contribution in [0.3, 0.4) is 0 Å². The van der Waals surface area contributed by atoms with E-state index in [0.29, 0.717) is 6.54 Å². The first-order valence-corrected chi connectivity index (χ1v) is 2.98. The van der Waals surface area contributed by atoms with Crippen molar-refractivity contribution in [2.24, 2.45) is 4.99 Å². The Hall–Kier alpha value is -1.41. The minimum absolute atomic E-state index is 0.176. The Bertz CT molecular complexity index is 168. The lowest BCUT2D eigenvalue weighted by molar-refractivity contribution is -0.132. The van der Waals surface area contributed by atoms with Crippen molar-refractivity contribution in [2.45, 2.75) is 13.8 Å². The molecule has 62 valence electrons. The number of carbonyl (C=O) groups excluding carboxylic acids is 1. The van der Waals surface area contributed by atoms with Crippen molar-refractivity contribution in [2.75, 3.05) is 6.54 Å². The number of hydrogen-bond acceptors (Lipinski definition) is 3. The Balaban J connectivity index is 0. The number of aliphatic imine (C=N–C) groups is 1. The van der Waals surface area contributed by atoms with E-state index in [1.165, 1.54) is 13.0 Å². The SMILES string of the molecule is C=C(C)C(=O)O.CCN=C=O. The maximum atomic E-state index is 9.60. The van der Waals surface area contributed by atoms with Crippen molar-refractivity contribution in [3.63, 3.8) is 0 Å². The monoisotopic (exact) mass is 157 g/mol. The molecule has 0 radical (unpaired) electrons. The normalized spacial score (nSPS) is 6.73. The first-order valence-electron chi connectivity index (χ1n) is 2.98. The summed E-state index contributed by atoms with van der Waals surface area (Å²) >= 11 is 0. The van der Waals surface area contributed by atoms with E-state index in [1.54, 1.807) is 6.92 Å². The summed E-state index contributed by atoms with van der Waals surface area (Å²) in [5, 5.41) is 7.89. The van der Waals surface area contributed by atoms with Gasteiger partial charge in [-0.15, -0.1) is 0 Å². The van der Waals surface area contributed by atoms with Crippen molar-refractivity contribution in [1.82, 2.24) is 0 Å². The second-order valence-corrected chi connectivity index (χ2v) is 1.65. The molecular weight excluding hydrogens is 146 g/mol. The highest BCUT2D eigenvalue weighted by Crippen LogP contribution is 1.81. The zero-order valence-electron chi connectivity index (χ0n) is 6.63. The minimum Gasteiger partial charge on any atom is -0.478 e. The Morgan fingerprint density at radius 2 is 2.09 bits per heavy atom. The third-order valence-corrected chi connectivity index (χ3v) is 0.588. The summed E-state index contributed by atoms with van der Waals surface area (Å²) in [6, 6.07) is 0. The van der Waals surface area contributed by atoms with Crippen LogP contribution in [0, 0.1) is 0 Å². The van der Waals surface area contributed by atoms with E-state index in [2.05, 4.69) is 11.6 Å². The molecule has 4 heteroatoms. The number of rotatable bonds is 2. The number of aliphatic carboxylic acids is 1. The molecule has 0 saturated heterocycles. The van der Waals surface area contributed by atoms with Crippen LogP contribution in [0.2, 0.25) is 0 Å². The number of nitrogens with zero attached hydrogens (tertiary/aromatic N) is 1. The standard InChI is InChI=1S/C4H6O2.C3H5NO/c1-3(2)4(5)6;1-2-4-3-5/h1H2,2H3,(H,5,6);2H2,1H3. The van der Waals surface area contributed by atoms with E-state index in [9.17, 15) is 4.79 Å². The molecule has 1 N–H and O–H groups in total. The van der Waals surface area contributed by atoms with Crippen molar-refractivity contribution in [3.05, 3.63) is 12.2 Å². The summed E-state index contributed by atoms with van der Waals surface area (Å²) in [5.74, 6) is -0.935. The fraction of sp³-hybridized carbons (Fsp3) is 0.429. The van der Waals surface area contributed by atoms with Gasteiger partial charge in [0.05, 0.1) is 0 Å². The fourth-order valence-corrected chi connectivity index (χ4v) is 0.0645. The summed E-state index contributed by atoms with van der Waals surface area (Å²) in [4.78, 5) is 21.9. The third-order valence-electron chi connectivity index (χ3n) is 0.588. The smallest absolute Gasteiger partial charge is 0.330 e. The van der Waals surface area contributed by atoms with Gasteiger partial charge in [0.1, 0.15) is 0 Å². The maximum absolute atomic E-state index is 9.60. The lowest BCUT2D eigenvalue weighted by Gasteiger charge is -1.79. The number of carboxylic acids is 1. The van der Waals surface area contributed by atoms with Gasteiger partial charge in [0.2, 0.25) is 6.08 Å². The average molecular weight is 157 g/mol. The highest BCUT2D eigenvalue weighted by atomic mass is 16.4. The molecule has 0 bridgehead atoms. The summed E-state index contributed by atoms with van der Waals surface area (Å²) in [6.07, 6.45) is 1.39. The van der Waals surface area contributed by atoms with Crippen LogP contribution in [0.1, 0.15) is 13.8 Å². The van der Waals surface area contributed by atoms with E-state index in [0.717, 1.165) is 0 Å². The van der Waals surface area contributed by atoms with Crippen LogP contribution < -0.4 is 0 Å². The lowest BCUT2D eigenvalue weighted by Crippen LogP contribution is -1.92. The van der Waals surface area contributed by atoms with Crippen molar-refractivity contribution in [3.8, 4) is 0 Å². The zero-order valence-corrected chi connectivity index (χ0v) is 6.63. The predicted octanol–water partition coefficient (Wildman–Crippen LogP) is 0.989. The lowest BCUT2D eigenvalue weighted by atomic mass is 10.4. The molecule has 0 aliphatic rings. The number of isocyanates is 1. The molecule has 0 heterocycles. The molecule has 0 rings (SSSR count). The molecule has 0 spiro atoms. The number of carboxylic acid groups (broad SMARTS) is 1. The topological polar surface area (TPSA) is 66.7 Å². The van der Waals surface area contributed by atoms with Gasteiger partial charge in [-0.3, -0.25) is 0 Å². The number of carbonyl (C=O) groups is 1. The fourth-order valence-electron chi connectivity index (χ4n) is 0.0645. The predicted molar refractivity (Wildman–Crippen MR) is 41.1 cm³/mol. The largest absolute Gasteiger partial charge is 0.478 e. The van der Waals surface area contributed by atoms with Crippen LogP contribution in [0.25, 0.3) is 0 Å².